The van der Waals surface area contributed by atoms with Gasteiger partial charge in [-0.05, 0) is 64.2 Å². The number of rotatable bonds is 7. The molecule has 0 bridgehead atoms. The summed E-state index contributed by atoms with van der Waals surface area (Å²) in [5.74, 6) is 1.81. The average molecular weight is 419 g/mol. The van der Waals surface area contributed by atoms with E-state index in [0.717, 1.165) is 47.0 Å². The van der Waals surface area contributed by atoms with Crippen molar-refractivity contribution in [2.75, 3.05) is 20.7 Å². The Morgan fingerprint density at radius 1 is 1.03 bits per heavy atom. The topological polar surface area (TPSA) is 60.5 Å². The highest BCUT2D eigenvalue weighted by molar-refractivity contribution is 5.71. The zero-order chi connectivity index (χ0) is 22.1. The molecule has 0 amide bonds. The molecule has 0 spiro atoms. The molecule has 0 saturated carbocycles. The maximum absolute atomic E-state index is 6.30. The molecule has 0 radical (unpaired) electrons. The third-order valence-corrected chi connectivity index (χ3v) is 5.65. The highest BCUT2D eigenvalue weighted by Gasteiger charge is 2.13. The van der Waals surface area contributed by atoms with Crippen molar-refractivity contribution in [3.63, 3.8) is 0 Å². The van der Waals surface area contributed by atoms with Gasteiger partial charge in [0.2, 0.25) is 0 Å². The van der Waals surface area contributed by atoms with E-state index in [1.54, 1.807) is 0 Å². The molecule has 3 aromatic heterocycles. The van der Waals surface area contributed by atoms with Crippen LogP contribution in [0.2, 0.25) is 0 Å². The van der Waals surface area contributed by atoms with E-state index >= 15 is 0 Å². The lowest BCUT2D eigenvalue weighted by Crippen LogP contribution is -2.13. The molecule has 3 heterocycles. The van der Waals surface area contributed by atoms with Crippen LogP contribution in [0.15, 0.2) is 36.5 Å². The minimum Gasteiger partial charge on any atom is -0.493 e. The first-order chi connectivity index (χ1) is 14.8. The van der Waals surface area contributed by atoms with Crippen LogP contribution in [0.3, 0.4) is 0 Å². The van der Waals surface area contributed by atoms with Gasteiger partial charge in [-0.15, -0.1) is 10.2 Å². The number of aryl methyl sites for hydroxylation is 3. The Balaban J connectivity index is 1.62. The minimum absolute atomic E-state index is 0.602. The number of hydrogen-bond acceptors (Lipinski definition) is 5. The predicted molar refractivity (Wildman–Crippen MR) is 122 cm³/mol. The van der Waals surface area contributed by atoms with Gasteiger partial charge < -0.3 is 9.64 Å². The number of nitrogens with zero attached hydrogens (tertiary/aromatic N) is 6. The van der Waals surface area contributed by atoms with Gasteiger partial charge in [0.05, 0.1) is 18.8 Å². The lowest BCUT2D eigenvalue weighted by molar-refractivity contribution is 0.322. The molecule has 0 saturated heterocycles. The van der Waals surface area contributed by atoms with Crippen LogP contribution >= 0.6 is 0 Å². The Bertz CT molecular complexity index is 1220. The van der Waals surface area contributed by atoms with Crippen molar-refractivity contribution in [1.82, 2.24) is 29.3 Å². The summed E-state index contributed by atoms with van der Waals surface area (Å²) in [7, 11) is 6.04. The van der Waals surface area contributed by atoms with Gasteiger partial charge >= 0.3 is 0 Å². The summed E-state index contributed by atoms with van der Waals surface area (Å²) in [5.41, 5.74) is 7.68. The SMILES string of the molecule is Cc1ccc(-c2ccc3nnc(CN(C)C)n3c2)c(OCCc2c(C)nn(C)c2C)c1. The van der Waals surface area contributed by atoms with Crippen LogP contribution in [0.25, 0.3) is 16.8 Å². The molecule has 0 unspecified atom stereocenters. The fraction of sp³-hybridized carbons (Fsp3) is 0.375. The van der Waals surface area contributed by atoms with Crippen molar-refractivity contribution >= 4 is 5.65 Å². The molecule has 1 aromatic carbocycles. The molecule has 0 aliphatic rings. The molecule has 7 heteroatoms. The molecule has 162 valence electrons. The van der Waals surface area contributed by atoms with Crippen LogP contribution in [0, 0.1) is 20.8 Å². The fourth-order valence-electron chi connectivity index (χ4n) is 3.92. The normalized spacial score (nSPS) is 11.6. The number of hydrogen-bond donors (Lipinski definition) is 0. The van der Waals surface area contributed by atoms with Crippen LogP contribution in [0.5, 0.6) is 5.75 Å². The smallest absolute Gasteiger partial charge is 0.160 e. The van der Waals surface area contributed by atoms with Gasteiger partial charge in [0, 0.05) is 36.5 Å². The zero-order valence-electron chi connectivity index (χ0n) is 19.2. The first-order valence-electron chi connectivity index (χ1n) is 10.5. The van der Waals surface area contributed by atoms with Gasteiger partial charge in [-0.2, -0.15) is 5.10 Å². The van der Waals surface area contributed by atoms with E-state index < -0.39 is 0 Å². The van der Waals surface area contributed by atoms with Crippen LogP contribution in [-0.4, -0.2) is 50.0 Å². The van der Waals surface area contributed by atoms with Crippen molar-refractivity contribution < 1.29 is 4.74 Å². The molecule has 7 nitrogen and oxygen atoms in total. The molecule has 4 rings (SSSR count). The first-order valence-corrected chi connectivity index (χ1v) is 10.5. The van der Waals surface area contributed by atoms with E-state index in [9.17, 15) is 0 Å². The number of benzene rings is 1. The van der Waals surface area contributed by atoms with Crippen molar-refractivity contribution in [2.45, 2.75) is 33.7 Å². The van der Waals surface area contributed by atoms with Gasteiger partial charge in [0.1, 0.15) is 5.75 Å². The number of aromatic nitrogens is 5. The fourth-order valence-corrected chi connectivity index (χ4v) is 3.92. The van der Waals surface area contributed by atoms with E-state index in [0.29, 0.717) is 6.61 Å². The van der Waals surface area contributed by atoms with E-state index in [2.05, 4.69) is 75.8 Å². The zero-order valence-corrected chi connectivity index (χ0v) is 19.2. The van der Waals surface area contributed by atoms with Crippen molar-refractivity contribution in [3.8, 4) is 16.9 Å². The minimum atomic E-state index is 0.602. The Labute approximate surface area is 183 Å². The number of ether oxygens (including phenoxy) is 1. The molecular weight excluding hydrogens is 388 g/mol. The average Bonchev–Trinajstić information content (AvgIpc) is 3.22. The highest BCUT2D eigenvalue weighted by Crippen LogP contribution is 2.31. The Hall–Kier alpha value is -3.19. The Morgan fingerprint density at radius 2 is 1.84 bits per heavy atom. The summed E-state index contributed by atoms with van der Waals surface area (Å²) in [5, 5.41) is 13.1. The Morgan fingerprint density at radius 3 is 2.55 bits per heavy atom. The van der Waals surface area contributed by atoms with Gasteiger partial charge in [0.25, 0.3) is 0 Å². The summed E-state index contributed by atoms with van der Waals surface area (Å²) in [6.45, 7) is 7.58. The summed E-state index contributed by atoms with van der Waals surface area (Å²) in [4.78, 5) is 2.09. The summed E-state index contributed by atoms with van der Waals surface area (Å²) >= 11 is 0. The number of pyridine rings is 1. The molecule has 0 aliphatic heterocycles. The second-order valence-electron chi connectivity index (χ2n) is 8.37. The molecule has 4 aromatic rings. The highest BCUT2D eigenvalue weighted by atomic mass is 16.5. The molecule has 0 aliphatic carbocycles. The van der Waals surface area contributed by atoms with Crippen molar-refractivity contribution in [3.05, 3.63) is 64.9 Å². The van der Waals surface area contributed by atoms with Gasteiger partial charge in [-0.3, -0.25) is 9.08 Å². The van der Waals surface area contributed by atoms with Crippen molar-refractivity contribution in [2.24, 2.45) is 7.05 Å². The van der Waals surface area contributed by atoms with Gasteiger partial charge in [-0.25, -0.2) is 0 Å². The molecule has 0 atom stereocenters. The monoisotopic (exact) mass is 418 g/mol. The standard InChI is InChI=1S/C24H30N6O/c1-16-7-9-21(19-8-10-23-25-26-24(15-28(4)5)30(23)14-19)22(13-16)31-12-11-20-17(2)27-29(6)18(20)3/h7-10,13-14H,11-12,15H2,1-6H3. The lowest BCUT2D eigenvalue weighted by atomic mass is 10.0. The van der Waals surface area contributed by atoms with Crippen LogP contribution in [0.1, 0.15) is 28.3 Å². The first kappa shape index (κ1) is 21.1. The molecular formula is C24H30N6O. The van der Waals surface area contributed by atoms with Gasteiger partial charge in [-0.1, -0.05) is 12.1 Å². The summed E-state index contributed by atoms with van der Waals surface area (Å²) in [6, 6.07) is 10.4. The van der Waals surface area contributed by atoms with Gasteiger partial charge in [0.15, 0.2) is 11.5 Å². The third kappa shape index (κ3) is 4.32. The summed E-state index contributed by atoms with van der Waals surface area (Å²) < 4.78 is 10.3. The van der Waals surface area contributed by atoms with E-state index in [1.165, 1.54) is 16.8 Å². The van der Waals surface area contributed by atoms with E-state index in [1.807, 2.05) is 31.9 Å². The second-order valence-corrected chi connectivity index (χ2v) is 8.37. The lowest BCUT2D eigenvalue weighted by Gasteiger charge is -2.14. The molecule has 0 N–H and O–H groups in total. The molecule has 0 fully saturated rings. The van der Waals surface area contributed by atoms with E-state index in [-0.39, 0.29) is 0 Å². The van der Waals surface area contributed by atoms with Crippen LogP contribution < -0.4 is 4.74 Å². The number of fused-ring (bicyclic) bond motifs is 1. The molecule has 31 heavy (non-hydrogen) atoms. The second kappa shape index (κ2) is 8.51. The Kier molecular flexibility index (Phi) is 5.78. The quantitative estimate of drug-likeness (QED) is 0.458. The van der Waals surface area contributed by atoms with Crippen LogP contribution in [-0.2, 0) is 20.0 Å². The predicted octanol–water partition coefficient (Wildman–Crippen LogP) is 3.74. The van der Waals surface area contributed by atoms with Crippen molar-refractivity contribution in [1.29, 1.82) is 0 Å². The third-order valence-electron chi connectivity index (χ3n) is 5.65. The largest absolute Gasteiger partial charge is 0.493 e. The maximum Gasteiger partial charge on any atom is 0.160 e. The van der Waals surface area contributed by atoms with E-state index in [4.69, 9.17) is 4.74 Å². The summed E-state index contributed by atoms with van der Waals surface area (Å²) in [6.07, 6.45) is 2.93. The maximum atomic E-state index is 6.30. The van der Waals surface area contributed by atoms with Crippen LogP contribution in [0.4, 0.5) is 0 Å².